The maximum absolute atomic E-state index is 9.76. The number of rotatable bonds is 15. The number of nitrogens with one attached hydrogen (secondary N) is 1. The lowest BCUT2D eigenvalue weighted by molar-refractivity contribution is 0.0355. The van der Waals surface area contributed by atoms with Gasteiger partial charge in [0.25, 0.3) is 0 Å². The molecule has 3 nitrogen and oxygen atoms in total. The third-order valence-corrected chi connectivity index (χ3v) is 4.00. The number of unbranched alkanes of at least 4 members (excludes halogenated alkanes) is 5. The molecule has 120 valence electrons. The van der Waals surface area contributed by atoms with Gasteiger partial charge in [-0.2, -0.15) is 0 Å². The Morgan fingerprint density at radius 2 is 1.85 bits per heavy atom. The van der Waals surface area contributed by atoms with Crippen LogP contribution in [-0.4, -0.2) is 37.5 Å². The molecule has 0 aromatic carbocycles. The van der Waals surface area contributed by atoms with Crippen molar-refractivity contribution in [2.24, 2.45) is 5.92 Å². The average Bonchev–Trinajstić information content (AvgIpc) is 3.25. The molecule has 3 heteroatoms. The smallest absolute Gasteiger partial charge is 0.0897 e. The van der Waals surface area contributed by atoms with Gasteiger partial charge in [-0.1, -0.05) is 51.9 Å². The lowest BCUT2D eigenvalue weighted by Gasteiger charge is -2.12. The maximum Gasteiger partial charge on any atom is 0.0897 e. The van der Waals surface area contributed by atoms with Gasteiger partial charge < -0.3 is 15.2 Å². The molecule has 0 aromatic heterocycles. The Labute approximate surface area is 125 Å². The van der Waals surface area contributed by atoms with E-state index in [0.717, 1.165) is 25.5 Å². The Morgan fingerprint density at radius 3 is 2.60 bits per heavy atom. The fraction of sp³-hybridized carbons (Fsp3) is 1.00. The summed E-state index contributed by atoms with van der Waals surface area (Å²) in [5, 5.41) is 13.1. The Balaban J connectivity index is 1.71. The standard InChI is InChI=1S/C17H35NO2/c1-2-3-4-5-6-7-13-20-15-17(19)14-18-12-8-9-16-10-11-16/h16-19H,2-15H2,1H3. The molecule has 0 saturated heterocycles. The molecule has 1 saturated carbocycles. The third-order valence-electron chi connectivity index (χ3n) is 4.00. The molecule has 0 heterocycles. The van der Waals surface area contributed by atoms with E-state index in [0.29, 0.717) is 13.2 Å². The number of aliphatic hydroxyl groups excluding tert-OH is 1. The summed E-state index contributed by atoms with van der Waals surface area (Å²) in [6.45, 7) is 5.21. The lowest BCUT2D eigenvalue weighted by atomic mass is 10.1. The molecule has 0 amide bonds. The second-order valence-corrected chi connectivity index (χ2v) is 6.29. The SMILES string of the molecule is CCCCCCCCOCC(O)CNCCCC1CC1. The number of hydrogen-bond donors (Lipinski definition) is 2. The topological polar surface area (TPSA) is 41.5 Å². The van der Waals surface area contributed by atoms with Gasteiger partial charge in [0.15, 0.2) is 0 Å². The molecule has 1 atom stereocenters. The van der Waals surface area contributed by atoms with Crippen molar-refractivity contribution in [1.82, 2.24) is 5.32 Å². The molecule has 1 rings (SSSR count). The van der Waals surface area contributed by atoms with Crippen LogP contribution >= 0.6 is 0 Å². The minimum Gasteiger partial charge on any atom is -0.389 e. The fourth-order valence-corrected chi connectivity index (χ4v) is 2.45. The molecule has 20 heavy (non-hydrogen) atoms. The molecule has 1 aliphatic rings. The van der Waals surface area contributed by atoms with Crippen molar-refractivity contribution in [3.05, 3.63) is 0 Å². The van der Waals surface area contributed by atoms with Gasteiger partial charge in [-0.25, -0.2) is 0 Å². The summed E-state index contributed by atoms with van der Waals surface area (Å²) < 4.78 is 5.52. The molecular formula is C17H35NO2. The van der Waals surface area contributed by atoms with Gasteiger partial charge in [-0.05, 0) is 31.7 Å². The van der Waals surface area contributed by atoms with Crippen LogP contribution in [0.5, 0.6) is 0 Å². The Hall–Kier alpha value is -0.120. The van der Waals surface area contributed by atoms with Gasteiger partial charge in [0.2, 0.25) is 0 Å². The van der Waals surface area contributed by atoms with Crippen LogP contribution in [0.4, 0.5) is 0 Å². The zero-order valence-electron chi connectivity index (χ0n) is 13.4. The highest BCUT2D eigenvalue weighted by Crippen LogP contribution is 2.33. The first-order chi connectivity index (χ1) is 9.83. The van der Waals surface area contributed by atoms with Gasteiger partial charge >= 0.3 is 0 Å². The fourth-order valence-electron chi connectivity index (χ4n) is 2.45. The molecule has 0 aromatic rings. The first kappa shape index (κ1) is 17.9. The minimum absolute atomic E-state index is 0.351. The van der Waals surface area contributed by atoms with E-state index in [1.807, 2.05) is 0 Å². The molecule has 0 spiro atoms. The zero-order valence-corrected chi connectivity index (χ0v) is 13.4. The van der Waals surface area contributed by atoms with Crippen LogP contribution in [0.1, 0.15) is 71.1 Å². The molecule has 0 radical (unpaired) electrons. The normalized spacial score (nSPS) is 16.5. The lowest BCUT2D eigenvalue weighted by Crippen LogP contribution is -2.31. The predicted octanol–water partition coefficient (Wildman–Crippen LogP) is 3.50. The Bertz CT molecular complexity index is 207. The van der Waals surface area contributed by atoms with Crippen molar-refractivity contribution in [2.45, 2.75) is 77.2 Å². The van der Waals surface area contributed by atoms with E-state index in [9.17, 15) is 5.11 Å². The molecule has 0 bridgehead atoms. The number of ether oxygens (including phenoxy) is 1. The minimum atomic E-state index is -0.351. The van der Waals surface area contributed by atoms with Crippen LogP contribution in [0.3, 0.4) is 0 Å². The highest BCUT2D eigenvalue weighted by Gasteiger charge is 2.19. The van der Waals surface area contributed by atoms with Gasteiger partial charge in [-0.3, -0.25) is 0 Å². The van der Waals surface area contributed by atoms with Gasteiger partial charge in [0.05, 0.1) is 12.7 Å². The average molecular weight is 285 g/mol. The van der Waals surface area contributed by atoms with Crippen molar-refractivity contribution >= 4 is 0 Å². The van der Waals surface area contributed by atoms with E-state index < -0.39 is 0 Å². The summed E-state index contributed by atoms with van der Waals surface area (Å²) in [4.78, 5) is 0. The number of aliphatic hydroxyl groups is 1. The Kier molecular flexibility index (Phi) is 11.3. The zero-order chi connectivity index (χ0) is 14.5. The van der Waals surface area contributed by atoms with E-state index in [-0.39, 0.29) is 6.10 Å². The quantitative estimate of drug-likeness (QED) is 0.452. The van der Waals surface area contributed by atoms with E-state index in [4.69, 9.17) is 4.74 Å². The van der Waals surface area contributed by atoms with Crippen molar-refractivity contribution in [3.63, 3.8) is 0 Å². The van der Waals surface area contributed by atoms with Gasteiger partial charge in [0.1, 0.15) is 0 Å². The molecule has 2 N–H and O–H groups in total. The first-order valence-electron chi connectivity index (χ1n) is 8.79. The first-order valence-corrected chi connectivity index (χ1v) is 8.79. The molecule has 1 fully saturated rings. The summed E-state index contributed by atoms with van der Waals surface area (Å²) in [5.74, 6) is 1.02. The number of hydrogen-bond acceptors (Lipinski definition) is 3. The van der Waals surface area contributed by atoms with E-state index in [2.05, 4.69) is 12.2 Å². The van der Waals surface area contributed by atoms with Crippen molar-refractivity contribution in [3.8, 4) is 0 Å². The molecular weight excluding hydrogens is 250 g/mol. The third kappa shape index (κ3) is 11.7. The monoisotopic (exact) mass is 285 g/mol. The Morgan fingerprint density at radius 1 is 1.10 bits per heavy atom. The van der Waals surface area contributed by atoms with Crippen LogP contribution in [0.2, 0.25) is 0 Å². The highest BCUT2D eigenvalue weighted by molar-refractivity contribution is 4.73. The van der Waals surface area contributed by atoms with Gasteiger partial charge in [-0.15, -0.1) is 0 Å². The maximum atomic E-state index is 9.76. The highest BCUT2D eigenvalue weighted by atomic mass is 16.5. The summed E-state index contributed by atoms with van der Waals surface area (Å²) in [6, 6.07) is 0. The largest absolute Gasteiger partial charge is 0.389 e. The summed E-state index contributed by atoms with van der Waals surface area (Å²) in [6.07, 6.45) is 12.9. The van der Waals surface area contributed by atoms with E-state index in [1.165, 1.54) is 57.8 Å². The summed E-state index contributed by atoms with van der Waals surface area (Å²) in [5.41, 5.74) is 0. The predicted molar refractivity (Wildman–Crippen MR) is 85.0 cm³/mol. The van der Waals surface area contributed by atoms with Gasteiger partial charge in [0, 0.05) is 13.2 Å². The van der Waals surface area contributed by atoms with Crippen LogP contribution in [0.25, 0.3) is 0 Å². The summed E-state index contributed by atoms with van der Waals surface area (Å²) in [7, 11) is 0. The van der Waals surface area contributed by atoms with E-state index >= 15 is 0 Å². The second-order valence-electron chi connectivity index (χ2n) is 6.29. The van der Waals surface area contributed by atoms with Crippen LogP contribution in [0, 0.1) is 5.92 Å². The van der Waals surface area contributed by atoms with Crippen molar-refractivity contribution in [2.75, 3.05) is 26.3 Å². The second kappa shape index (κ2) is 12.6. The van der Waals surface area contributed by atoms with E-state index in [1.54, 1.807) is 0 Å². The molecule has 1 unspecified atom stereocenters. The van der Waals surface area contributed by atoms with Crippen LogP contribution in [-0.2, 0) is 4.74 Å². The van der Waals surface area contributed by atoms with Crippen LogP contribution in [0.15, 0.2) is 0 Å². The molecule has 1 aliphatic carbocycles. The summed E-state index contributed by atoms with van der Waals surface area (Å²) >= 11 is 0. The molecule has 0 aliphatic heterocycles. The van der Waals surface area contributed by atoms with Crippen LogP contribution < -0.4 is 5.32 Å². The van der Waals surface area contributed by atoms with Crippen molar-refractivity contribution < 1.29 is 9.84 Å². The van der Waals surface area contributed by atoms with Crippen molar-refractivity contribution in [1.29, 1.82) is 0 Å².